The van der Waals surface area contributed by atoms with Crippen molar-refractivity contribution >= 4 is 0 Å². The van der Waals surface area contributed by atoms with Gasteiger partial charge in [-0.1, -0.05) is 13.8 Å². The lowest BCUT2D eigenvalue weighted by atomic mass is 10.2. The standard InChI is InChI=1S/C15H26N2O2/c1-11(2)16-9-14-10-17-13(5)8-15(14)19-7-6-18-12(3)4/h8,10-12,16H,6-7,9H2,1-5H3. The summed E-state index contributed by atoms with van der Waals surface area (Å²) in [6.07, 6.45) is 2.12. The van der Waals surface area contributed by atoms with Gasteiger partial charge >= 0.3 is 0 Å². The van der Waals surface area contributed by atoms with E-state index < -0.39 is 0 Å². The molecular formula is C15H26N2O2. The largest absolute Gasteiger partial charge is 0.491 e. The van der Waals surface area contributed by atoms with Crippen LogP contribution in [-0.4, -0.2) is 30.3 Å². The van der Waals surface area contributed by atoms with E-state index in [1.807, 2.05) is 33.0 Å². The number of hydrogen-bond donors (Lipinski definition) is 1. The molecule has 0 amide bonds. The quantitative estimate of drug-likeness (QED) is 0.735. The third-order valence-corrected chi connectivity index (χ3v) is 2.57. The zero-order valence-electron chi connectivity index (χ0n) is 12.7. The molecule has 0 atom stereocenters. The van der Waals surface area contributed by atoms with Crippen molar-refractivity contribution < 1.29 is 9.47 Å². The third kappa shape index (κ3) is 6.55. The van der Waals surface area contributed by atoms with Crippen LogP contribution in [0, 0.1) is 6.92 Å². The summed E-state index contributed by atoms with van der Waals surface area (Å²) in [7, 11) is 0. The SMILES string of the molecule is Cc1cc(OCCOC(C)C)c(CNC(C)C)cn1. The second-order valence-electron chi connectivity index (χ2n) is 5.24. The molecule has 0 fully saturated rings. The van der Waals surface area contributed by atoms with Gasteiger partial charge in [0.05, 0.1) is 12.7 Å². The predicted molar refractivity (Wildman–Crippen MR) is 77.5 cm³/mol. The fraction of sp³-hybridized carbons (Fsp3) is 0.667. The molecule has 4 heteroatoms. The second-order valence-corrected chi connectivity index (χ2v) is 5.24. The van der Waals surface area contributed by atoms with Gasteiger partial charge in [0.25, 0.3) is 0 Å². The molecule has 1 N–H and O–H groups in total. The summed E-state index contributed by atoms with van der Waals surface area (Å²) < 4.78 is 11.3. The Hall–Kier alpha value is -1.13. The molecule has 0 aromatic carbocycles. The van der Waals surface area contributed by atoms with Crippen molar-refractivity contribution in [3.8, 4) is 5.75 Å². The van der Waals surface area contributed by atoms with Gasteiger partial charge in [-0.2, -0.15) is 0 Å². The maximum atomic E-state index is 5.80. The zero-order chi connectivity index (χ0) is 14.3. The lowest BCUT2D eigenvalue weighted by Crippen LogP contribution is -2.22. The number of hydrogen-bond acceptors (Lipinski definition) is 4. The molecular weight excluding hydrogens is 240 g/mol. The van der Waals surface area contributed by atoms with Crippen LogP contribution in [0.25, 0.3) is 0 Å². The minimum atomic E-state index is 0.241. The molecule has 0 unspecified atom stereocenters. The van der Waals surface area contributed by atoms with Gasteiger partial charge in [0.1, 0.15) is 12.4 Å². The fourth-order valence-electron chi connectivity index (χ4n) is 1.58. The highest BCUT2D eigenvalue weighted by molar-refractivity contribution is 5.32. The molecule has 0 aliphatic carbocycles. The van der Waals surface area contributed by atoms with Crippen LogP contribution in [-0.2, 0) is 11.3 Å². The van der Waals surface area contributed by atoms with Gasteiger partial charge in [0.2, 0.25) is 0 Å². The molecule has 0 radical (unpaired) electrons. The van der Waals surface area contributed by atoms with Gasteiger partial charge in [-0.05, 0) is 20.8 Å². The first-order valence-electron chi connectivity index (χ1n) is 6.92. The average molecular weight is 266 g/mol. The predicted octanol–water partition coefficient (Wildman–Crippen LogP) is 2.69. The van der Waals surface area contributed by atoms with Crippen molar-refractivity contribution in [2.75, 3.05) is 13.2 Å². The van der Waals surface area contributed by atoms with Crippen molar-refractivity contribution in [1.29, 1.82) is 0 Å². The van der Waals surface area contributed by atoms with E-state index in [9.17, 15) is 0 Å². The number of ether oxygens (including phenoxy) is 2. The van der Waals surface area contributed by atoms with E-state index in [0.717, 1.165) is 23.6 Å². The molecule has 0 saturated carbocycles. The number of rotatable bonds is 8. The summed E-state index contributed by atoms with van der Waals surface area (Å²) in [6, 6.07) is 2.42. The van der Waals surface area contributed by atoms with Gasteiger partial charge in [-0.25, -0.2) is 0 Å². The fourth-order valence-corrected chi connectivity index (χ4v) is 1.58. The highest BCUT2D eigenvalue weighted by Crippen LogP contribution is 2.18. The normalized spacial score (nSPS) is 11.3. The Morgan fingerprint density at radius 3 is 2.58 bits per heavy atom. The van der Waals surface area contributed by atoms with Crippen LogP contribution in [0.2, 0.25) is 0 Å². The molecule has 19 heavy (non-hydrogen) atoms. The monoisotopic (exact) mass is 266 g/mol. The topological polar surface area (TPSA) is 43.4 Å². The van der Waals surface area contributed by atoms with Gasteiger partial charge in [-0.15, -0.1) is 0 Å². The van der Waals surface area contributed by atoms with Crippen LogP contribution in [0.1, 0.15) is 39.0 Å². The Morgan fingerprint density at radius 1 is 1.21 bits per heavy atom. The summed E-state index contributed by atoms with van der Waals surface area (Å²) in [5.74, 6) is 0.896. The molecule has 0 bridgehead atoms. The van der Waals surface area contributed by atoms with E-state index >= 15 is 0 Å². The molecule has 1 rings (SSSR count). The number of nitrogens with one attached hydrogen (secondary N) is 1. The van der Waals surface area contributed by atoms with Crippen molar-refractivity contribution in [3.63, 3.8) is 0 Å². The Bertz CT molecular complexity index is 378. The Balaban J connectivity index is 2.55. The molecule has 0 aliphatic rings. The number of aromatic nitrogens is 1. The summed E-state index contributed by atoms with van der Waals surface area (Å²) in [4.78, 5) is 4.32. The highest BCUT2D eigenvalue weighted by Gasteiger charge is 2.06. The summed E-state index contributed by atoms with van der Waals surface area (Å²) in [5, 5.41) is 3.38. The van der Waals surface area contributed by atoms with Crippen molar-refractivity contribution in [2.45, 2.75) is 53.3 Å². The summed E-state index contributed by atoms with van der Waals surface area (Å²) in [5.41, 5.74) is 2.05. The van der Waals surface area contributed by atoms with E-state index in [-0.39, 0.29) is 6.10 Å². The highest BCUT2D eigenvalue weighted by atomic mass is 16.5. The van der Waals surface area contributed by atoms with Gasteiger partial charge < -0.3 is 14.8 Å². The van der Waals surface area contributed by atoms with Crippen LogP contribution in [0.4, 0.5) is 0 Å². The minimum absolute atomic E-state index is 0.241. The molecule has 1 aromatic heterocycles. The second kappa shape index (κ2) is 8.12. The third-order valence-electron chi connectivity index (χ3n) is 2.57. The van der Waals surface area contributed by atoms with E-state index in [0.29, 0.717) is 19.3 Å². The van der Waals surface area contributed by atoms with Crippen LogP contribution in [0.3, 0.4) is 0 Å². The Kier molecular flexibility index (Phi) is 6.81. The maximum Gasteiger partial charge on any atom is 0.127 e. The molecule has 0 saturated heterocycles. The molecule has 4 nitrogen and oxygen atoms in total. The zero-order valence-corrected chi connectivity index (χ0v) is 12.7. The lowest BCUT2D eigenvalue weighted by molar-refractivity contribution is 0.0550. The van der Waals surface area contributed by atoms with Crippen molar-refractivity contribution in [2.24, 2.45) is 0 Å². The Labute approximate surface area is 116 Å². The molecule has 0 aliphatic heterocycles. The molecule has 1 aromatic rings. The lowest BCUT2D eigenvalue weighted by Gasteiger charge is -2.14. The van der Waals surface area contributed by atoms with Crippen LogP contribution in [0.15, 0.2) is 12.3 Å². The molecule has 1 heterocycles. The number of aryl methyl sites for hydroxylation is 1. The summed E-state index contributed by atoms with van der Waals surface area (Å²) in [6.45, 7) is 12.2. The van der Waals surface area contributed by atoms with Gasteiger partial charge in [0, 0.05) is 36.1 Å². The van der Waals surface area contributed by atoms with Crippen molar-refractivity contribution in [1.82, 2.24) is 10.3 Å². The average Bonchev–Trinajstić information content (AvgIpc) is 2.33. The van der Waals surface area contributed by atoms with Gasteiger partial charge in [0.15, 0.2) is 0 Å². The van der Waals surface area contributed by atoms with Crippen LogP contribution in [0.5, 0.6) is 5.75 Å². The Morgan fingerprint density at radius 2 is 1.95 bits per heavy atom. The van der Waals surface area contributed by atoms with Crippen molar-refractivity contribution in [3.05, 3.63) is 23.5 Å². The van der Waals surface area contributed by atoms with E-state index in [4.69, 9.17) is 9.47 Å². The first kappa shape index (κ1) is 15.9. The first-order valence-corrected chi connectivity index (χ1v) is 6.92. The molecule has 108 valence electrons. The number of pyridine rings is 1. The maximum absolute atomic E-state index is 5.80. The summed E-state index contributed by atoms with van der Waals surface area (Å²) >= 11 is 0. The smallest absolute Gasteiger partial charge is 0.127 e. The molecule has 0 spiro atoms. The number of nitrogens with zero attached hydrogens (tertiary/aromatic N) is 1. The van der Waals surface area contributed by atoms with Gasteiger partial charge in [-0.3, -0.25) is 4.98 Å². The van der Waals surface area contributed by atoms with E-state index in [1.165, 1.54) is 0 Å². The van der Waals surface area contributed by atoms with Crippen LogP contribution < -0.4 is 10.1 Å². The van der Waals surface area contributed by atoms with Crippen LogP contribution >= 0.6 is 0 Å². The van der Waals surface area contributed by atoms with E-state index in [1.54, 1.807) is 0 Å². The minimum Gasteiger partial charge on any atom is -0.491 e. The van der Waals surface area contributed by atoms with E-state index in [2.05, 4.69) is 24.1 Å². The first-order chi connectivity index (χ1) is 8.99.